The summed E-state index contributed by atoms with van der Waals surface area (Å²) >= 11 is 5.88. The van der Waals surface area contributed by atoms with Gasteiger partial charge in [0, 0.05) is 6.04 Å². The van der Waals surface area contributed by atoms with Crippen molar-refractivity contribution in [2.45, 2.75) is 30.7 Å². The van der Waals surface area contributed by atoms with E-state index in [0.717, 1.165) is 12.8 Å². The Bertz CT molecular complexity index is 501. The average molecular weight is 261 g/mol. The van der Waals surface area contributed by atoms with E-state index >= 15 is 0 Å². The Hall–Kier alpha value is -0.780. The van der Waals surface area contributed by atoms with E-state index in [9.17, 15) is 8.42 Å². The number of nitrogen functional groups attached to an aromatic ring is 1. The summed E-state index contributed by atoms with van der Waals surface area (Å²) in [7, 11) is -3.45. The van der Waals surface area contributed by atoms with Gasteiger partial charge in [0.15, 0.2) is 0 Å². The van der Waals surface area contributed by atoms with Crippen molar-refractivity contribution in [3.63, 3.8) is 0 Å². The first-order valence-electron chi connectivity index (χ1n) is 4.98. The third kappa shape index (κ3) is 2.31. The molecule has 4 nitrogen and oxygen atoms in total. The summed E-state index contributed by atoms with van der Waals surface area (Å²) in [5.41, 5.74) is 6.59. The molecule has 1 fully saturated rings. The lowest BCUT2D eigenvalue weighted by molar-refractivity contribution is 0.581. The molecule has 16 heavy (non-hydrogen) atoms. The van der Waals surface area contributed by atoms with Gasteiger partial charge in [0.2, 0.25) is 10.0 Å². The van der Waals surface area contributed by atoms with Crippen molar-refractivity contribution in [3.05, 3.63) is 22.7 Å². The lowest BCUT2D eigenvalue weighted by Gasteiger charge is -2.09. The van der Waals surface area contributed by atoms with Crippen LogP contribution >= 0.6 is 11.6 Å². The summed E-state index contributed by atoms with van der Waals surface area (Å²) in [6.45, 7) is 1.73. The highest BCUT2D eigenvalue weighted by Crippen LogP contribution is 2.28. The summed E-state index contributed by atoms with van der Waals surface area (Å²) in [5, 5.41) is 0.408. The molecule has 0 saturated heterocycles. The van der Waals surface area contributed by atoms with Crippen LogP contribution in [-0.2, 0) is 10.0 Å². The van der Waals surface area contributed by atoms with Gasteiger partial charge in [0.25, 0.3) is 0 Å². The molecule has 88 valence electrons. The van der Waals surface area contributed by atoms with Crippen molar-refractivity contribution < 1.29 is 8.42 Å². The van der Waals surface area contributed by atoms with Crippen molar-refractivity contribution in [1.82, 2.24) is 4.72 Å². The zero-order valence-electron chi connectivity index (χ0n) is 8.83. The number of halogens is 1. The monoisotopic (exact) mass is 260 g/mol. The number of benzene rings is 1. The maximum Gasteiger partial charge on any atom is 0.240 e. The van der Waals surface area contributed by atoms with Crippen LogP contribution < -0.4 is 10.5 Å². The van der Waals surface area contributed by atoms with E-state index in [1.807, 2.05) is 0 Å². The predicted octanol–water partition coefficient (Wildman–Crippen LogP) is 1.67. The van der Waals surface area contributed by atoms with E-state index in [4.69, 9.17) is 17.3 Å². The maximum atomic E-state index is 11.9. The molecule has 1 aliphatic rings. The molecule has 2 rings (SSSR count). The minimum atomic E-state index is -3.45. The van der Waals surface area contributed by atoms with Gasteiger partial charge in [-0.3, -0.25) is 0 Å². The molecule has 0 atom stereocenters. The number of aryl methyl sites for hydroxylation is 1. The van der Waals surface area contributed by atoms with Crippen LogP contribution in [0.25, 0.3) is 0 Å². The van der Waals surface area contributed by atoms with E-state index in [1.54, 1.807) is 6.92 Å². The number of nitrogens with two attached hydrogens (primary N) is 1. The normalized spacial score (nSPS) is 16.4. The van der Waals surface area contributed by atoms with Crippen molar-refractivity contribution >= 4 is 27.3 Å². The molecule has 6 heteroatoms. The van der Waals surface area contributed by atoms with E-state index in [0.29, 0.717) is 10.6 Å². The van der Waals surface area contributed by atoms with Crippen LogP contribution in [0, 0.1) is 6.92 Å². The van der Waals surface area contributed by atoms with Gasteiger partial charge >= 0.3 is 0 Å². The Morgan fingerprint density at radius 3 is 2.56 bits per heavy atom. The molecule has 0 bridgehead atoms. The van der Waals surface area contributed by atoms with Crippen molar-refractivity contribution in [3.8, 4) is 0 Å². The molecule has 0 radical (unpaired) electrons. The van der Waals surface area contributed by atoms with E-state index in [1.165, 1.54) is 12.1 Å². The second-order valence-electron chi connectivity index (χ2n) is 4.04. The molecular weight excluding hydrogens is 248 g/mol. The van der Waals surface area contributed by atoms with Crippen molar-refractivity contribution in [2.24, 2.45) is 0 Å². The highest BCUT2D eigenvalue weighted by molar-refractivity contribution is 7.89. The Balaban J connectivity index is 2.39. The average Bonchev–Trinajstić information content (AvgIpc) is 2.96. The Kier molecular flexibility index (Phi) is 2.86. The molecule has 1 saturated carbocycles. The molecule has 3 N–H and O–H groups in total. The Labute approximate surface area is 99.8 Å². The zero-order chi connectivity index (χ0) is 11.9. The first-order valence-corrected chi connectivity index (χ1v) is 6.84. The topological polar surface area (TPSA) is 72.2 Å². The van der Waals surface area contributed by atoms with Crippen LogP contribution in [0.5, 0.6) is 0 Å². The second kappa shape index (κ2) is 3.91. The number of hydrogen-bond donors (Lipinski definition) is 2. The molecule has 0 heterocycles. The molecule has 0 aromatic heterocycles. The maximum absolute atomic E-state index is 11.9. The van der Waals surface area contributed by atoms with Gasteiger partial charge < -0.3 is 5.73 Å². The van der Waals surface area contributed by atoms with Gasteiger partial charge in [-0.15, -0.1) is 0 Å². The van der Waals surface area contributed by atoms with Crippen LogP contribution in [-0.4, -0.2) is 14.5 Å². The first kappa shape index (κ1) is 11.7. The number of hydrogen-bond acceptors (Lipinski definition) is 3. The van der Waals surface area contributed by atoms with Crippen LogP contribution in [0.4, 0.5) is 5.69 Å². The third-order valence-electron chi connectivity index (χ3n) is 2.47. The van der Waals surface area contributed by atoms with Crippen LogP contribution in [0.3, 0.4) is 0 Å². The number of rotatable bonds is 3. The first-order chi connectivity index (χ1) is 7.40. The third-order valence-corrected chi connectivity index (χ3v) is 4.48. The Morgan fingerprint density at radius 1 is 1.44 bits per heavy atom. The summed E-state index contributed by atoms with van der Waals surface area (Å²) in [4.78, 5) is 0.179. The molecular formula is C10H13ClN2O2S. The standard InChI is InChI=1S/C10H13ClN2O2S/c1-6-4-8(5-9(12)10(6)11)16(14,15)13-7-2-3-7/h4-5,7,13H,2-3,12H2,1H3. The lowest BCUT2D eigenvalue weighted by Crippen LogP contribution is -2.25. The fourth-order valence-electron chi connectivity index (χ4n) is 1.41. The highest BCUT2D eigenvalue weighted by Gasteiger charge is 2.28. The summed E-state index contributed by atoms with van der Waals surface area (Å²) < 4.78 is 26.4. The van der Waals surface area contributed by atoms with E-state index < -0.39 is 10.0 Å². The van der Waals surface area contributed by atoms with E-state index in [-0.39, 0.29) is 16.6 Å². The van der Waals surface area contributed by atoms with E-state index in [2.05, 4.69) is 4.72 Å². The van der Waals surface area contributed by atoms with Crippen LogP contribution in [0.1, 0.15) is 18.4 Å². The predicted molar refractivity (Wildman–Crippen MR) is 63.9 cm³/mol. The van der Waals surface area contributed by atoms with Gasteiger partial charge in [-0.1, -0.05) is 11.6 Å². The molecule has 1 aromatic rings. The Morgan fingerprint density at radius 2 is 2.06 bits per heavy atom. The molecule has 1 aromatic carbocycles. The minimum Gasteiger partial charge on any atom is -0.397 e. The molecule has 0 amide bonds. The number of nitrogens with one attached hydrogen (secondary N) is 1. The van der Waals surface area contributed by atoms with Crippen LogP contribution in [0.15, 0.2) is 17.0 Å². The minimum absolute atomic E-state index is 0.0854. The number of sulfonamides is 1. The van der Waals surface area contributed by atoms with Gasteiger partial charge in [-0.2, -0.15) is 0 Å². The van der Waals surface area contributed by atoms with Gasteiger partial charge in [-0.05, 0) is 37.5 Å². The van der Waals surface area contributed by atoms with Gasteiger partial charge in [0.05, 0.1) is 15.6 Å². The fraction of sp³-hybridized carbons (Fsp3) is 0.400. The lowest BCUT2D eigenvalue weighted by atomic mass is 10.2. The highest BCUT2D eigenvalue weighted by atomic mass is 35.5. The molecule has 0 unspecified atom stereocenters. The van der Waals surface area contributed by atoms with Gasteiger partial charge in [0.1, 0.15) is 0 Å². The summed E-state index contributed by atoms with van der Waals surface area (Å²) in [5.74, 6) is 0. The van der Waals surface area contributed by atoms with Crippen molar-refractivity contribution in [2.75, 3.05) is 5.73 Å². The molecule has 1 aliphatic carbocycles. The van der Waals surface area contributed by atoms with Crippen LogP contribution in [0.2, 0.25) is 5.02 Å². The zero-order valence-corrected chi connectivity index (χ0v) is 10.4. The second-order valence-corrected chi connectivity index (χ2v) is 6.13. The SMILES string of the molecule is Cc1cc(S(=O)(=O)NC2CC2)cc(N)c1Cl. The molecule has 0 aliphatic heterocycles. The quantitative estimate of drug-likeness (QED) is 0.812. The number of anilines is 1. The summed E-state index contributed by atoms with van der Waals surface area (Å²) in [6, 6.07) is 3.01. The smallest absolute Gasteiger partial charge is 0.240 e. The van der Waals surface area contributed by atoms with Crippen molar-refractivity contribution in [1.29, 1.82) is 0 Å². The van der Waals surface area contributed by atoms with Gasteiger partial charge in [-0.25, -0.2) is 13.1 Å². The fourth-order valence-corrected chi connectivity index (χ4v) is 2.94. The molecule has 0 spiro atoms. The largest absolute Gasteiger partial charge is 0.397 e. The summed E-state index contributed by atoms with van der Waals surface area (Å²) in [6.07, 6.45) is 1.81.